The number of hydrogen-bond acceptors (Lipinski definition) is 3. The number of ether oxygens (including phenoxy) is 3. The molecule has 2 aromatic rings. The minimum atomic E-state index is 0.676. The van der Waals surface area contributed by atoms with Crippen LogP contribution in [0, 0.1) is 0 Å². The van der Waals surface area contributed by atoms with Crippen molar-refractivity contribution in [2.45, 2.75) is 0 Å². The molecular formula is C17H18O3. The van der Waals surface area contributed by atoms with Gasteiger partial charge in [-0.15, -0.1) is 0 Å². The Bertz CT molecular complexity index is 578. The van der Waals surface area contributed by atoms with Crippen LogP contribution in [0.5, 0.6) is 17.2 Å². The van der Waals surface area contributed by atoms with Gasteiger partial charge in [0.1, 0.15) is 17.2 Å². The maximum absolute atomic E-state index is 5.45. The van der Waals surface area contributed by atoms with Crippen LogP contribution in [-0.2, 0) is 0 Å². The van der Waals surface area contributed by atoms with Gasteiger partial charge in [-0.3, -0.25) is 0 Å². The summed E-state index contributed by atoms with van der Waals surface area (Å²) in [4.78, 5) is 0. The van der Waals surface area contributed by atoms with Gasteiger partial charge in [0.15, 0.2) is 0 Å². The second kappa shape index (κ2) is 6.15. The average Bonchev–Trinajstić information content (AvgIpc) is 2.53. The lowest BCUT2D eigenvalue weighted by atomic mass is 9.97. The molecule has 0 N–H and O–H groups in total. The standard InChI is InChI=1S/C17H18O3/c1-12(13-8-6-5-7-9-13)17-15(19-3)10-14(18-2)11-16(17)20-4/h5-11H,1H2,2-4H3. The number of methoxy groups -OCH3 is 3. The molecule has 2 rings (SSSR count). The molecule has 3 nitrogen and oxygen atoms in total. The van der Waals surface area contributed by atoms with E-state index in [1.165, 1.54) is 0 Å². The molecule has 0 amide bonds. The molecule has 0 saturated carbocycles. The van der Waals surface area contributed by atoms with E-state index in [1.807, 2.05) is 42.5 Å². The summed E-state index contributed by atoms with van der Waals surface area (Å²) < 4.78 is 16.2. The summed E-state index contributed by atoms with van der Waals surface area (Å²) in [6.07, 6.45) is 0. The fourth-order valence-electron chi connectivity index (χ4n) is 2.09. The van der Waals surface area contributed by atoms with Gasteiger partial charge in [0.05, 0.1) is 26.9 Å². The molecular weight excluding hydrogens is 252 g/mol. The quantitative estimate of drug-likeness (QED) is 0.827. The van der Waals surface area contributed by atoms with E-state index < -0.39 is 0 Å². The highest BCUT2D eigenvalue weighted by molar-refractivity contribution is 5.85. The van der Waals surface area contributed by atoms with Crippen LogP contribution in [0.1, 0.15) is 11.1 Å². The smallest absolute Gasteiger partial charge is 0.134 e. The van der Waals surface area contributed by atoms with E-state index in [9.17, 15) is 0 Å². The highest BCUT2D eigenvalue weighted by Crippen LogP contribution is 2.40. The Morgan fingerprint density at radius 3 is 1.85 bits per heavy atom. The van der Waals surface area contributed by atoms with Crippen molar-refractivity contribution in [1.29, 1.82) is 0 Å². The van der Waals surface area contributed by atoms with E-state index in [4.69, 9.17) is 14.2 Å². The van der Waals surface area contributed by atoms with Gasteiger partial charge in [0.2, 0.25) is 0 Å². The molecule has 2 aromatic carbocycles. The van der Waals surface area contributed by atoms with Crippen LogP contribution in [-0.4, -0.2) is 21.3 Å². The minimum absolute atomic E-state index is 0.676. The summed E-state index contributed by atoms with van der Waals surface area (Å²) in [6, 6.07) is 13.6. The first kappa shape index (κ1) is 14.0. The van der Waals surface area contributed by atoms with Crippen molar-refractivity contribution >= 4 is 5.57 Å². The summed E-state index contributed by atoms with van der Waals surface area (Å²) in [5.41, 5.74) is 2.71. The fraction of sp³-hybridized carbons (Fsp3) is 0.176. The normalized spacial score (nSPS) is 9.95. The summed E-state index contributed by atoms with van der Waals surface area (Å²) in [7, 11) is 4.85. The predicted octanol–water partition coefficient (Wildman–Crippen LogP) is 3.77. The van der Waals surface area contributed by atoms with Crippen molar-refractivity contribution in [3.63, 3.8) is 0 Å². The van der Waals surface area contributed by atoms with Gasteiger partial charge >= 0.3 is 0 Å². The second-order valence-corrected chi connectivity index (χ2v) is 4.25. The van der Waals surface area contributed by atoms with Gasteiger partial charge in [-0.05, 0) is 11.1 Å². The molecule has 0 aliphatic carbocycles. The SMILES string of the molecule is C=C(c1ccccc1)c1c(OC)cc(OC)cc1OC. The summed E-state index contributed by atoms with van der Waals surface area (Å²) >= 11 is 0. The van der Waals surface area contributed by atoms with E-state index in [0.29, 0.717) is 17.2 Å². The topological polar surface area (TPSA) is 27.7 Å². The number of rotatable bonds is 5. The van der Waals surface area contributed by atoms with Crippen molar-refractivity contribution in [2.75, 3.05) is 21.3 Å². The molecule has 0 heterocycles. The lowest BCUT2D eigenvalue weighted by molar-refractivity contribution is 0.374. The minimum Gasteiger partial charge on any atom is -0.496 e. The molecule has 0 bridgehead atoms. The third-order valence-corrected chi connectivity index (χ3v) is 3.14. The Balaban J connectivity index is 2.57. The Kier molecular flexibility index (Phi) is 4.31. The van der Waals surface area contributed by atoms with Gasteiger partial charge in [0.25, 0.3) is 0 Å². The zero-order chi connectivity index (χ0) is 14.5. The van der Waals surface area contributed by atoms with Crippen molar-refractivity contribution in [3.8, 4) is 17.2 Å². The molecule has 20 heavy (non-hydrogen) atoms. The molecule has 104 valence electrons. The molecule has 0 aliphatic rings. The molecule has 0 atom stereocenters. The molecule has 0 fully saturated rings. The second-order valence-electron chi connectivity index (χ2n) is 4.25. The van der Waals surface area contributed by atoms with Crippen molar-refractivity contribution in [1.82, 2.24) is 0 Å². The highest BCUT2D eigenvalue weighted by Gasteiger charge is 2.16. The lowest BCUT2D eigenvalue weighted by Crippen LogP contribution is -1.98. The van der Waals surface area contributed by atoms with Crippen LogP contribution in [0.2, 0.25) is 0 Å². The Labute approximate surface area is 119 Å². The zero-order valence-electron chi connectivity index (χ0n) is 12.0. The molecule has 0 spiro atoms. The van der Waals surface area contributed by atoms with Crippen LogP contribution in [0.25, 0.3) is 5.57 Å². The van der Waals surface area contributed by atoms with E-state index in [0.717, 1.165) is 16.7 Å². The maximum Gasteiger partial charge on any atom is 0.134 e. The third-order valence-electron chi connectivity index (χ3n) is 3.14. The summed E-state index contributed by atoms with van der Waals surface area (Å²) in [5.74, 6) is 2.04. The van der Waals surface area contributed by atoms with Crippen molar-refractivity contribution < 1.29 is 14.2 Å². The van der Waals surface area contributed by atoms with Gasteiger partial charge in [0, 0.05) is 12.1 Å². The third kappa shape index (κ3) is 2.62. The zero-order valence-corrected chi connectivity index (χ0v) is 12.0. The molecule has 0 unspecified atom stereocenters. The summed E-state index contributed by atoms with van der Waals surface area (Å²) in [6.45, 7) is 4.17. The highest BCUT2D eigenvalue weighted by atomic mass is 16.5. The van der Waals surface area contributed by atoms with Crippen molar-refractivity contribution in [2.24, 2.45) is 0 Å². The number of benzene rings is 2. The lowest BCUT2D eigenvalue weighted by Gasteiger charge is -2.17. The molecule has 3 heteroatoms. The Morgan fingerprint density at radius 2 is 1.40 bits per heavy atom. The van der Waals surface area contributed by atoms with Gasteiger partial charge < -0.3 is 14.2 Å². The van der Waals surface area contributed by atoms with Crippen molar-refractivity contribution in [3.05, 3.63) is 60.2 Å². The fourth-order valence-corrected chi connectivity index (χ4v) is 2.09. The maximum atomic E-state index is 5.45. The van der Waals surface area contributed by atoms with E-state index in [2.05, 4.69) is 6.58 Å². The van der Waals surface area contributed by atoms with Gasteiger partial charge in [-0.2, -0.15) is 0 Å². The van der Waals surface area contributed by atoms with Crippen LogP contribution in [0.4, 0.5) is 0 Å². The van der Waals surface area contributed by atoms with Gasteiger partial charge in [-0.1, -0.05) is 36.9 Å². The monoisotopic (exact) mass is 270 g/mol. The molecule has 0 radical (unpaired) electrons. The van der Waals surface area contributed by atoms with Crippen LogP contribution < -0.4 is 14.2 Å². The molecule has 0 saturated heterocycles. The molecule has 0 aliphatic heterocycles. The first-order chi connectivity index (χ1) is 9.71. The van der Waals surface area contributed by atoms with E-state index >= 15 is 0 Å². The summed E-state index contributed by atoms with van der Waals surface area (Å²) in [5, 5.41) is 0. The van der Waals surface area contributed by atoms with Crippen LogP contribution >= 0.6 is 0 Å². The first-order valence-corrected chi connectivity index (χ1v) is 6.26. The molecule has 0 aromatic heterocycles. The van der Waals surface area contributed by atoms with Crippen LogP contribution in [0.3, 0.4) is 0 Å². The van der Waals surface area contributed by atoms with E-state index in [-0.39, 0.29) is 0 Å². The average molecular weight is 270 g/mol. The largest absolute Gasteiger partial charge is 0.496 e. The predicted molar refractivity (Wildman–Crippen MR) is 80.7 cm³/mol. The number of hydrogen-bond donors (Lipinski definition) is 0. The van der Waals surface area contributed by atoms with Crippen LogP contribution in [0.15, 0.2) is 49.0 Å². The Morgan fingerprint density at radius 1 is 0.850 bits per heavy atom. The first-order valence-electron chi connectivity index (χ1n) is 6.26. The van der Waals surface area contributed by atoms with E-state index in [1.54, 1.807) is 21.3 Å². The van der Waals surface area contributed by atoms with Gasteiger partial charge in [-0.25, -0.2) is 0 Å². The Hall–Kier alpha value is -2.42.